The third-order valence-electron chi connectivity index (χ3n) is 3.12. The molecule has 0 aliphatic heterocycles. The molecule has 0 aliphatic rings. The number of hydrogen-bond acceptors (Lipinski definition) is 2. The average Bonchev–Trinajstić information content (AvgIpc) is 2.43. The summed E-state index contributed by atoms with van der Waals surface area (Å²) < 4.78 is 7.03. The van der Waals surface area contributed by atoms with Gasteiger partial charge in [-0.05, 0) is 56.7 Å². The molecule has 0 fully saturated rings. The summed E-state index contributed by atoms with van der Waals surface area (Å²) >= 11 is 9.53. The van der Waals surface area contributed by atoms with Gasteiger partial charge in [0.25, 0.3) is 0 Å². The van der Waals surface area contributed by atoms with Crippen LogP contribution >= 0.6 is 27.5 Å². The van der Waals surface area contributed by atoms with E-state index in [1.54, 1.807) is 0 Å². The van der Waals surface area contributed by atoms with E-state index in [0.29, 0.717) is 6.61 Å². The van der Waals surface area contributed by atoms with Crippen LogP contribution in [-0.2, 0) is 13.2 Å². The van der Waals surface area contributed by atoms with Gasteiger partial charge in [-0.25, -0.2) is 0 Å². The van der Waals surface area contributed by atoms with Crippen molar-refractivity contribution >= 4 is 27.5 Å². The highest BCUT2D eigenvalue weighted by Crippen LogP contribution is 2.25. The molecule has 0 heterocycles. The molecular weight excluding hydrogens is 362 g/mol. The molecule has 1 N–H and O–H groups in total. The van der Waals surface area contributed by atoms with E-state index in [2.05, 4.69) is 48.1 Å². The molecule has 0 unspecified atom stereocenters. The fraction of sp³-hybridized carbons (Fsp3) is 0.333. The van der Waals surface area contributed by atoms with Crippen LogP contribution in [0.1, 0.15) is 31.9 Å². The zero-order valence-corrected chi connectivity index (χ0v) is 15.5. The zero-order chi connectivity index (χ0) is 16.2. The van der Waals surface area contributed by atoms with E-state index in [4.69, 9.17) is 16.3 Å². The molecule has 0 radical (unpaired) electrons. The van der Waals surface area contributed by atoms with E-state index < -0.39 is 0 Å². The second kappa shape index (κ2) is 7.49. The maximum absolute atomic E-state index is 6.01. The van der Waals surface area contributed by atoms with E-state index in [0.717, 1.165) is 32.9 Å². The molecule has 0 saturated heterocycles. The predicted molar refractivity (Wildman–Crippen MR) is 96.5 cm³/mol. The largest absolute Gasteiger partial charge is 0.489 e. The standard InChI is InChI=1S/C18H21BrClNO/c1-18(2,3)21-11-14-10-15(19)7-8-17(14)22-12-13-5-4-6-16(20)9-13/h4-10,21H,11-12H2,1-3H3. The molecule has 0 aromatic heterocycles. The van der Waals surface area contributed by atoms with Gasteiger partial charge in [0.2, 0.25) is 0 Å². The summed E-state index contributed by atoms with van der Waals surface area (Å²) in [6, 6.07) is 13.8. The Bertz CT molecular complexity index is 637. The lowest BCUT2D eigenvalue weighted by molar-refractivity contribution is 0.300. The Balaban J connectivity index is 2.09. The lowest BCUT2D eigenvalue weighted by atomic mass is 10.1. The molecular formula is C18H21BrClNO. The van der Waals surface area contributed by atoms with Gasteiger partial charge in [-0.2, -0.15) is 0 Å². The first-order valence-corrected chi connectivity index (χ1v) is 8.41. The summed E-state index contributed by atoms with van der Waals surface area (Å²) in [5.41, 5.74) is 2.25. The molecule has 0 bridgehead atoms. The molecule has 2 nitrogen and oxygen atoms in total. The molecule has 0 atom stereocenters. The van der Waals surface area contributed by atoms with Crippen LogP contribution in [-0.4, -0.2) is 5.54 Å². The van der Waals surface area contributed by atoms with Gasteiger partial charge in [-0.1, -0.05) is 39.7 Å². The minimum Gasteiger partial charge on any atom is -0.489 e. The van der Waals surface area contributed by atoms with Gasteiger partial charge in [-0.15, -0.1) is 0 Å². The van der Waals surface area contributed by atoms with Crippen molar-refractivity contribution in [3.8, 4) is 5.75 Å². The normalized spacial score (nSPS) is 11.5. The first kappa shape index (κ1) is 17.3. The molecule has 0 aliphatic carbocycles. The van der Waals surface area contributed by atoms with E-state index in [1.165, 1.54) is 0 Å². The Hall–Kier alpha value is -1.03. The first-order valence-electron chi connectivity index (χ1n) is 7.24. The minimum absolute atomic E-state index is 0.0620. The van der Waals surface area contributed by atoms with Crippen LogP contribution in [0, 0.1) is 0 Å². The van der Waals surface area contributed by atoms with Gasteiger partial charge in [0.15, 0.2) is 0 Å². The summed E-state index contributed by atoms with van der Waals surface area (Å²) in [6.45, 7) is 7.71. The van der Waals surface area contributed by atoms with Gasteiger partial charge in [0.1, 0.15) is 12.4 Å². The number of rotatable bonds is 5. The number of nitrogens with one attached hydrogen (secondary N) is 1. The lowest BCUT2D eigenvalue weighted by Crippen LogP contribution is -2.35. The highest BCUT2D eigenvalue weighted by molar-refractivity contribution is 9.10. The Kier molecular flexibility index (Phi) is 5.90. The van der Waals surface area contributed by atoms with Crippen molar-refractivity contribution in [2.45, 2.75) is 39.5 Å². The van der Waals surface area contributed by atoms with E-state index in [-0.39, 0.29) is 5.54 Å². The Morgan fingerprint density at radius 1 is 1.14 bits per heavy atom. The SMILES string of the molecule is CC(C)(C)NCc1cc(Br)ccc1OCc1cccc(Cl)c1. The van der Waals surface area contributed by atoms with Crippen molar-refractivity contribution < 1.29 is 4.74 Å². The summed E-state index contributed by atoms with van der Waals surface area (Å²) in [7, 11) is 0. The summed E-state index contributed by atoms with van der Waals surface area (Å²) in [4.78, 5) is 0. The maximum atomic E-state index is 6.01. The monoisotopic (exact) mass is 381 g/mol. The van der Waals surface area contributed by atoms with E-state index in [9.17, 15) is 0 Å². The molecule has 0 amide bonds. The third kappa shape index (κ3) is 5.64. The fourth-order valence-corrected chi connectivity index (χ4v) is 2.60. The van der Waals surface area contributed by atoms with Crippen LogP contribution in [0.3, 0.4) is 0 Å². The molecule has 2 aromatic rings. The Morgan fingerprint density at radius 2 is 1.91 bits per heavy atom. The molecule has 22 heavy (non-hydrogen) atoms. The van der Waals surface area contributed by atoms with Gasteiger partial charge in [0.05, 0.1) is 0 Å². The smallest absolute Gasteiger partial charge is 0.124 e. The number of ether oxygens (including phenoxy) is 1. The Morgan fingerprint density at radius 3 is 2.59 bits per heavy atom. The van der Waals surface area contributed by atoms with Crippen LogP contribution in [0.15, 0.2) is 46.9 Å². The second-order valence-corrected chi connectivity index (χ2v) is 7.63. The van der Waals surface area contributed by atoms with Crippen molar-refractivity contribution in [1.82, 2.24) is 5.32 Å². The van der Waals surface area contributed by atoms with Crippen LogP contribution in [0.2, 0.25) is 5.02 Å². The number of hydrogen-bond donors (Lipinski definition) is 1. The van der Waals surface area contributed by atoms with E-state index in [1.807, 2.05) is 36.4 Å². The highest BCUT2D eigenvalue weighted by atomic mass is 79.9. The van der Waals surface area contributed by atoms with Crippen LogP contribution < -0.4 is 10.1 Å². The first-order chi connectivity index (χ1) is 10.3. The number of benzene rings is 2. The van der Waals surface area contributed by atoms with Crippen molar-refractivity contribution in [2.75, 3.05) is 0 Å². The molecule has 2 rings (SSSR count). The molecule has 0 saturated carbocycles. The highest BCUT2D eigenvalue weighted by Gasteiger charge is 2.11. The van der Waals surface area contributed by atoms with Gasteiger partial charge in [-0.3, -0.25) is 0 Å². The van der Waals surface area contributed by atoms with Crippen molar-refractivity contribution in [1.29, 1.82) is 0 Å². The van der Waals surface area contributed by atoms with Gasteiger partial charge >= 0.3 is 0 Å². The molecule has 2 aromatic carbocycles. The second-order valence-electron chi connectivity index (χ2n) is 6.27. The lowest BCUT2D eigenvalue weighted by Gasteiger charge is -2.22. The van der Waals surface area contributed by atoms with E-state index >= 15 is 0 Å². The van der Waals surface area contributed by atoms with Gasteiger partial charge in [0, 0.05) is 27.1 Å². The quantitative estimate of drug-likeness (QED) is 0.730. The molecule has 0 spiro atoms. The fourth-order valence-electron chi connectivity index (χ4n) is 1.98. The third-order valence-corrected chi connectivity index (χ3v) is 3.84. The summed E-state index contributed by atoms with van der Waals surface area (Å²) in [5.74, 6) is 0.889. The topological polar surface area (TPSA) is 21.3 Å². The van der Waals surface area contributed by atoms with Crippen LogP contribution in [0.5, 0.6) is 5.75 Å². The minimum atomic E-state index is 0.0620. The summed E-state index contributed by atoms with van der Waals surface area (Å²) in [5, 5.41) is 4.22. The van der Waals surface area contributed by atoms with Crippen LogP contribution in [0.25, 0.3) is 0 Å². The summed E-state index contributed by atoms with van der Waals surface area (Å²) in [6.07, 6.45) is 0. The molecule has 118 valence electrons. The van der Waals surface area contributed by atoms with Crippen LogP contribution in [0.4, 0.5) is 0 Å². The van der Waals surface area contributed by atoms with Gasteiger partial charge < -0.3 is 10.1 Å². The molecule has 4 heteroatoms. The van der Waals surface area contributed by atoms with Crippen molar-refractivity contribution in [2.24, 2.45) is 0 Å². The van der Waals surface area contributed by atoms with Crippen molar-refractivity contribution in [3.05, 3.63) is 63.1 Å². The average molecular weight is 383 g/mol. The number of halogens is 2. The maximum Gasteiger partial charge on any atom is 0.124 e. The Labute approximate surface area is 146 Å². The van der Waals surface area contributed by atoms with Crippen molar-refractivity contribution in [3.63, 3.8) is 0 Å². The predicted octanol–water partition coefficient (Wildman–Crippen LogP) is 5.57. The zero-order valence-electron chi connectivity index (χ0n) is 13.1.